The molecule has 0 saturated carbocycles. The molecule has 0 unspecified atom stereocenters. The molecule has 3 aromatic rings. The molecule has 2 heteroatoms. The van der Waals surface area contributed by atoms with Gasteiger partial charge in [-0.1, -0.05) is 36.4 Å². The molecule has 3 rings (SSSR count). The molecule has 0 spiro atoms. The zero-order chi connectivity index (χ0) is 10.3. The molecule has 16 heavy (non-hydrogen) atoms. The van der Waals surface area contributed by atoms with Crippen LogP contribution in [-0.4, -0.2) is 5.11 Å². The average Bonchev–Trinajstić information content (AvgIpc) is 2.27. The predicted octanol–water partition coefficient (Wildman–Crippen LogP) is 3.70. The van der Waals surface area contributed by atoms with Gasteiger partial charge in [-0.05, 0) is 34.4 Å². The number of hydrogen-bond acceptors (Lipinski definition) is 1. The number of fused-ring (bicyclic) bond motifs is 2. The quantitative estimate of drug-likeness (QED) is 0.624. The zero-order valence-corrected chi connectivity index (χ0v) is 11.6. The molecule has 0 saturated heterocycles. The molecule has 0 aliphatic heterocycles. The van der Waals surface area contributed by atoms with Crippen LogP contribution in [0.3, 0.4) is 0 Å². The van der Waals surface area contributed by atoms with E-state index in [-0.39, 0.29) is 32.7 Å². The van der Waals surface area contributed by atoms with E-state index in [9.17, 15) is 5.11 Å². The first kappa shape index (κ1) is 11.6. The Morgan fingerprint density at radius 1 is 0.688 bits per heavy atom. The summed E-state index contributed by atoms with van der Waals surface area (Å²) in [5.74, 6) is 0.346. The Labute approximate surface area is 119 Å². The summed E-state index contributed by atoms with van der Waals surface area (Å²) >= 11 is 0. The average molecular weight is 283 g/mol. The summed E-state index contributed by atoms with van der Waals surface area (Å²) in [6.45, 7) is 0. The van der Waals surface area contributed by atoms with E-state index in [2.05, 4.69) is 18.2 Å². The summed E-state index contributed by atoms with van der Waals surface area (Å²) in [6, 6.07) is 17.9. The van der Waals surface area contributed by atoms with Crippen molar-refractivity contribution < 1.29 is 37.8 Å². The van der Waals surface area contributed by atoms with Gasteiger partial charge in [0.2, 0.25) is 0 Å². The number of phenols is 1. The maximum absolute atomic E-state index is 9.73. The van der Waals surface area contributed by atoms with Crippen LogP contribution in [0.25, 0.3) is 21.5 Å². The van der Waals surface area contributed by atoms with E-state index in [0.29, 0.717) is 5.75 Å². The third kappa shape index (κ3) is 1.86. The maximum atomic E-state index is 9.73. The first-order valence-electron chi connectivity index (χ1n) is 4.95. The Morgan fingerprint density at radius 3 is 2.06 bits per heavy atom. The van der Waals surface area contributed by atoms with E-state index in [1.807, 2.05) is 30.3 Å². The van der Waals surface area contributed by atoms with Gasteiger partial charge in [0.15, 0.2) is 0 Å². The largest absolute Gasteiger partial charge is 0.507 e. The van der Waals surface area contributed by atoms with Gasteiger partial charge in [0.05, 0.1) is 0 Å². The summed E-state index contributed by atoms with van der Waals surface area (Å²) in [5, 5.41) is 14.1. The molecule has 0 aliphatic rings. The second-order valence-corrected chi connectivity index (χ2v) is 3.70. The first-order valence-corrected chi connectivity index (χ1v) is 4.95. The number of aromatic hydroxyl groups is 1. The van der Waals surface area contributed by atoms with Crippen LogP contribution in [0.4, 0.5) is 0 Å². The molecule has 1 N–H and O–H groups in total. The molecule has 75 valence electrons. The Kier molecular flexibility index (Phi) is 3.27. The number of benzene rings is 3. The molecule has 3 aromatic carbocycles. The van der Waals surface area contributed by atoms with Crippen molar-refractivity contribution in [1.29, 1.82) is 0 Å². The van der Waals surface area contributed by atoms with E-state index in [1.165, 1.54) is 5.39 Å². The van der Waals surface area contributed by atoms with Crippen LogP contribution in [0, 0.1) is 0 Å². The summed E-state index contributed by atoms with van der Waals surface area (Å²) in [5.41, 5.74) is 0. The van der Waals surface area contributed by atoms with E-state index in [0.717, 1.165) is 16.2 Å². The SMILES string of the molecule is Oc1cccc2cc3ccccc3cc12.[Y]. The maximum Gasteiger partial charge on any atom is 0.123 e. The van der Waals surface area contributed by atoms with Crippen molar-refractivity contribution in [1.82, 2.24) is 0 Å². The Hall–Kier alpha value is -0.916. The minimum absolute atomic E-state index is 0. The van der Waals surface area contributed by atoms with Crippen molar-refractivity contribution in [2.75, 3.05) is 0 Å². The fourth-order valence-electron chi connectivity index (χ4n) is 1.95. The molecule has 0 aromatic heterocycles. The normalized spacial score (nSPS) is 10.2. The summed E-state index contributed by atoms with van der Waals surface area (Å²) in [6.07, 6.45) is 0. The molecule has 0 bridgehead atoms. The van der Waals surface area contributed by atoms with Gasteiger partial charge in [-0.25, -0.2) is 0 Å². The molecule has 0 atom stereocenters. The van der Waals surface area contributed by atoms with Crippen LogP contribution in [-0.2, 0) is 32.7 Å². The number of phenolic OH excluding ortho intramolecular Hbond substituents is 1. The minimum atomic E-state index is 0. The van der Waals surface area contributed by atoms with Crippen LogP contribution in [0.1, 0.15) is 0 Å². The van der Waals surface area contributed by atoms with Crippen molar-refractivity contribution in [3.8, 4) is 5.75 Å². The van der Waals surface area contributed by atoms with Gasteiger partial charge in [0.1, 0.15) is 5.75 Å². The molecular weight excluding hydrogens is 273 g/mol. The van der Waals surface area contributed by atoms with Crippen LogP contribution < -0.4 is 0 Å². The van der Waals surface area contributed by atoms with Gasteiger partial charge in [0, 0.05) is 38.1 Å². The van der Waals surface area contributed by atoms with Gasteiger partial charge in [-0.2, -0.15) is 0 Å². The third-order valence-electron chi connectivity index (χ3n) is 2.72. The summed E-state index contributed by atoms with van der Waals surface area (Å²) < 4.78 is 0. The molecule has 1 radical (unpaired) electrons. The monoisotopic (exact) mass is 283 g/mol. The second-order valence-electron chi connectivity index (χ2n) is 3.70. The predicted molar refractivity (Wildman–Crippen MR) is 63.1 cm³/mol. The van der Waals surface area contributed by atoms with Gasteiger partial charge in [0.25, 0.3) is 0 Å². The molecule has 0 heterocycles. The van der Waals surface area contributed by atoms with Crippen molar-refractivity contribution in [3.63, 3.8) is 0 Å². The summed E-state index contributed by atoms with van der Waals surface area (Å²) in [4.78, 5) is 0. The smallest absolute Gasteiger partial charge is 0.123 e. The fourth-order valence-corrected chi connectivity index (χ4v) is 1.95. The van der Waals surface area contributed by atoms with Crippen molar-refractivity contribution in [3.05, 3.63) is 54.6 Å². The number of hydrogen-bond donors (Lipinski definition) is 1. The van der Waals surface area contributed by atoms with Crippen LogP contribution >= 0.6 is 0 Å². The number of rotatable bonds is 0. The van der Waals surface area contributed by atoms with Crippen molar-refractivity contribution >= 4 is 21.5 Å². The van der Waals surface area contributed by atoms with Crippen LogP contribution in [0.5, 0.6) is 5.75 Å². The van der Waals surface area contributed by atoms with E-state index in [1.54, 1.807) is 6.07 Å². The minimum Gasteiger partial charge on any atom is -0.507 e. The Balaban J connectivity index is 0.000000963. The van der Waals surface area contributed by atoms with E-state index >= 15 is 0 Å². The van der Waals surface area contributed by atoms with Gasteiger partial charge in [-0.3, -0.25) is 0 Å². The Morgan fingerprint density at radius 2 is 1.31 bits per heavy atom. The third-order valence-corrected chi connectivity index (χ3v) is 2.72. The van der Waals surface area contributed by atoms with Crippen LogP contribution in [0.2, 0.25) is 0 Å². The first-order chi connectivity index (χ1) is 7.34. The topological polar surface area (TPSA) is 20.2 Å². The second kappa shape index (κ2) is 4.52. The van der Waals surface area contributed by atoms with Crippen molar-refractivity contribution in [2.24, 2.45) is 0 Å². The van der Waals surface area contributed by atoms with Gasteiger partial charge in [-0.15, -0.1) is 0 Å². The molecule has 0 amide bonds. The van der Waals surface area contributed by atoms with Gasteiger partial charge < -0.3 is 5.11 Å². The van der Waals surface area contributed by atoms with Crippen molar-refractivity contribution in [2.45, 2.75) is 0 Å². The molecule has 0 fully saturated rings. The molecular formula is C14H10OY. The molecule has 1 nitrogen and oxygen atoms in total. The standard InChI is InChI=1S/C14H10O.Y/c15-14-7-3-6-12-8-10-4-1-2-5-11(10)9-13(12)14;/h1-9,15H;. The zero-order valence-electron chi connectivity index (χ0n) is 8.72. The van der Waals surface area contributed by atoms with Crippen LogP contribution in [0.15, 0.2) is 54.6 Å². The fraction of sp³-hybridized carbons (Fsp3) is 0. The van der Waals surface area contributed by atoms with Gasteiger partial charge >= 0.3 is 0 Å². The Bertz CT molecular complexity index is 646. The van der Waals surface area contributed by atoms with E-state index in [4.69, 9.17) is 0 Å². The van der Waals surface area contributed by atoms with E-state index < -0.39 is 0 Å². The molecule has 0 aliphatic carbocycles. The summed E-state index contributed by atoms with van der Waals surface area (Å²) in [7, 11) is 0.